The molecule has 10 nitrogen and oxygen atoms in total. The number of hydrogen-bond acceptors (Lipinski definition) is 7. The molecule has 1 aromatic rings. The van der Waals surface area contributed by atoms with Gasteiger partial charge in [-0.2, -0.15) is 4.98 Å². The first-order valence-corrected chi connectivity index (χ1v) is 8.82. The predicted molar refractivity (Wildman–Crippen MR) is 82.3 cm³/mol. The fourth-order valence-corrected chi connectivity index (χ4v) is 2.24. The molecule has 0 radical (unpaired) electrons. The Bertz CT molecular complexity index is 601. The average Bonchev–Trinajstić information content (AvgIpc) is 2.49. The first-order valence-electron chi connectivity index (χ1n) is 7.02. The van der Waals surface area contributed by atoms with Gasteiger partial charge in [0.05, 0.1) is 25.9 Å². The lowest BCUT2D eigenvalue weighted by molar-refractivity contribution is 0.0188. The van der Waals surface area contributed by atoms with E-state index < -0.39 is 32.3 Å². The topological polar surface area (TPSA) is 154 Å². The minimum absolute atomic E-state index is 0.0877. The molecule has 1 rings (SSSR count). The van der Waals surface area contributed by atoms with Crippen molar-refractivity contribution in [3.8, 4) is 0 Å². The molecular weight excluding hydrogens is 329 g/mol. The highest BCUT2D eigenvalue weighted by molar-refractivity contribution is 7.51. The smallest absolute Gasteiger partial charge is 0.350 e. The quantitative estimate of drug-likeness (QED) is 0.324. The molecule has 23 heavy (non-hydrogen) atoms. The molecule has 11 heteroatoms. The lowest BCUT2D eigenvalue weighted by Gasteiger charge is -2.18. The van der Waals surface area contributed by atoms with Crippen LogP contribution in [-0.4, -0.2) is 61.8 Å². The maximum Gasteiger partial charge on any atom is 0.350 e. The molecular formula is C12H22N3O7P. The Morgan fingerprint density at radius 2 is 2.13 bits per heavy atom. The first kappa shape index (κ1) is 19.8. The van der Waals surface area contributed by atoms with Crippen LogP contribution in [0.1, 0.15) is 12.5 Å². The van der Waals surface area contributed by atoms with Crippen molar-refractivity contribution in [1.29, 1.82) is 0 Å². The van der Waals surface area contributed by atoms with Crippen LogP contribution in [0.3, 0.4) is 0 Å². The molecule has 0 fully saturated rings. The molecule has 0 saturated heterocycles. The average molecular weight is 351 g/mol. The molecule has 0 aliphatic heterocycles. The third-order valence-electron chi connectivity index (χ3n) is 2.94. The Morgan fingerprint density at radius 3 is 2.65 bits per heavy atom. The third-order valence-corrected chi connectivity index (χ3v) is 3.42. The van der Waals surface area contributed by atoms with Gasteiger partial charge in [0.1, 0.15) is 12.2 Å². The number of anilines is 1. The summed E-state index contributed by atoms with van der Waals surface area (Å²) in [6.07, 6.45) is 0.340. The summed E-state index contributed by atoms with van der Waals surface area (Å²) >= 11 is 0. The van der Waals surface area contributed by atoms with Gasteiger partial charge in [0.15, 0.2) is 0 Å². The fourth-order valence-electron chi connectivity index (χ4n) is 1.84. The molecule has 0 aliphatic carbocycles. The summed E-state index contributed by atoms with van der Waals surface area (Å²) in [5.41, 5.74) is 0.130. The highest BCUT2D eigenvalue weighted by atomic mass is 31.2. The van der Waals surface area contributed by atoms with Crippen LogP contribution < -0.4 is 11.0 Å². The van der Waals surface area contributed by atoms with E-state index >= 15 is 0 Å². The molecule has 132 valence electrons. The van der Waals surface area contributed by atoms with Crippen LogP contribution in [0.4, 0.5) is 5.82 Å². The Hall–Kier alpha value is -1.29. The second-order valence-corrected chi connectivity index (χ2v) is 6.41. The highest BCUT2D eigenvalue weighted by Crippen LogP contribution is 2.34. The van der Waals surface area contributed by atoms with E-state index in [4.69, 9.17) is 19.6 Å². The molecule has 1 atom stereocenters. The fraction of sp³-hybridized carbons (Fsp3) is 0.667. The normalized spacial score (nSPS) is 13.1. The number of nitrogens with zero attached hydrogens (tertiary/aromatic N) is 2. The van der Waals surface area contributed by atoms with Crippen molar-refractivity contribution in [2.75, 3.05) is 31.4 Å². The molecule has 1 heterocycles. The lowest BCUT2D eigenvalue weighted by atomic mass is 10.2. The van der Waals surface area contributed by atoms with E-state index in [0.29, 0.717) is 12.2 Å². The monoisotopic (exact) mass is 351 g/mol. The summed E-state index contributed by atoms with van der Waals surface area (Å²) in [7, 11) is -4.36. The molecule has 0 bridgehead atoms. The number of hydrogen-bond donors (Lipinski definition) is 5. The molecule has 5 N–H and O–H groups in total. The second kappa shape index (κ2) is 9.11. The molecule has 1 aromatic heterocycles. The summed E-state index contributed by atoms with van der Waals surface area (Å²) in [6, 6.07) is 0. The van der Waals surface area contributed by atoms with Gasteiger partial charge in [0, 0.05) is 18.3 Å². The summed E-state index contributed by atoms with van der Waals surface area (Å²) in [5.74, 6) is 0.375. The Labute approximate surface area is 132 Å². The van der Waals surface area contributed by atoms with E-state index in [-0.39, 0.29) is 19.7 Å². The van der Waals surface area contributed by atoms with E-state index in [9.17, 15) is 14.5 Å². The van der Waals surface area contributed by atoms with E-state index in [2.05, 4.69) is 10.3 Å². The predicted octanol–water partition coefficient (Wildman–Crippen LogP) is -1.28. The minimum Gasteiger partial charge on any atom is -0.395 e. The van der Waals surface area contributed by atoms with Crippen LogP contribution in [0.2, 0.25) is 0 Å². The van der Waals surface area contributed by atoms with E-state index in [1.54, 1.807) is 6.20 Å². The minimum atomic E-state index is -4.36. The van der Waals surface area contributed by atoms with Crippen LogP contribution in [0, 0.1) is 0 Å². The molecule has 0 aromatic carbocycles. The number of rotatable bonds is 10. The summed E-state index contributed by atoms with van der Waals surface area (Å²) in [4.78, 5) is 33.4. The molecule has 0 amide bonds. The second-order valence-electron chi connectivity index (χ2n) is 4.82. The van der Waals surface area contributed by atoms with Crippen LogP contribution in [-0.2, 0) is 22.3 Å². The van der Waals surface area contributed by atoms with Gasteiger partial charge in [-0.05, 0) is 6.42 Å². The van der Waals surface area contributed by atoms with Crippen molar-refractivity contribution in [3.05, 3.63) is 22.2 Å². The largest absolute Gasteiger partial charge is 0.395 e. The van der Waals surface area contributed by atoms with Crippen molar-refractivity contribution in [3.63, 3.8) is 0 Å². The summed E-state index contributed by atoms with van der Waals surface area (Å²) in [5, 5.41) is 20.9. The van der Waals surface area contributed by atoms with Crippen molar-refractivity contribution < 1.29 is 29.3 Å². The third kappa shape index (κ3) is 6.78. The number of aromatic nitrogens is 2. The summed E-state index contributed by atoms with van der Waals surface area (Å²) in [6.45, 7) is 1.43. The van der Waals surface area contributed by atoms with Crippen molar-refractivity contribution in [2.24, 2.45) is 0 Å². The standard InChI is InChI=1S/C12H22N3O7P/c1-2-9-5-15(12(18)14-11(9)13-3-4-16)6-10(7-17)22-8-23(19,20)21/h5,10,16-17H,2-4,6-8H2,1H3,(H,13,14,18)(H2,19,20,21)/t10-/m0/s1. The SMILES string of the molecule is CCc1cn(C[C@@H](CO)OCP(=O)(O)O)c(=O)nc1NCCO. The van der Waals surface area contributed by atoms with Gasteiger partial charge in [-0.15, -0.1) is 0 Å². The van der Waals surface area contributed by atoms with Crippen molar-refractivity contribution in [1.82, 2.24) is 9.55 Å². The van der Waals surface area contributed by atoms with Crippen LogP contribution in [0.25, 0.3) is 0 Å². The van der Waals surface area contributed by atoms with E-state index in [1.807, 2.05) is 6.92 Å². The number of aryl methyl sites for hydroxylation is 1. The van der Waals surface area contributed by atoms with Crippen molar-refractivity contribution >= 4 is 13.4 Å². The number of aliphatic hydroxyl groups excluding tert-OH is 2. The van der Waals surface area contributed by atoms with Crippen molar-refractivity contribution in [2.45, 2.75) is 26.0 Å². The van der Waals surface area contributed by atoms with Gasteiger partial charge >= 0.3 is 13.3 Å². The Kier molecular flexibility index (Phi) is 7.83. The zero-order chi connectivity index (χ0) is 17.5. The number of ether oxygens (including phenoxy) is 1. The van der Waals surface area contributed by atoms with Gasteiger partial charge < -0.3 is 30.1 Å². The number of aliphatic hydroxyl groups is 2. The molecule has 0 aliphatic rings. The molecule has 0 spiro atoms. The van der Waals surface area contributed by atoms with Gasteiger partial charge in [-0.3, -0.25) is 9.13 Å². The summed E-state index contributed by atoms with van der Waals surface area (Å²) < 4.78 is 16.9. The molecule has 0 saturated carbocycles. The maximum atomic E-state index is 12.0. The highest BCUT2D eigenvalue weighted by Gasteiger charge is 2.19. The lowest BCUT2D eigenvalue weighted by Crippen LogP contribution is -2.33. The number of nitrogens with one attached hydrogen (secondary N) is 1. The maximum absolute atomic E-state index is 12.0. The zero-order valence-corrected chi connectivity index (χ0v) is 13.6. The van der Waals surface area contributed by atoms with E-state index in [1.165, 1.54) is 4.57 Å². The molecule has 0 unspecified atom stereocenters. The Balaban J connectivity index is 2.90. The van der Waals surface area contributed by atoms with Crippen LogP contribution in [0.15, 0.2) is 11.0 Å². The van der Waals surface area contributed by atoms with Gasteiger partial charge in [-0.1, -0.05) is 6.92 Å². The van der Waals surface area contributed by atoms with Crippen LogP contribution >= 0.6 is 7.60 Å². The van der Waals surface area contributed by atoms with Gasteiger partial charge in [0.2, 0.25) is 0 Å². The van der Waals surface area contributed by atoms with Crippen LogP contribution in [0.5, 0.6) is 0 Å². The van der Waals surface area contributed by atoms with Gasteiger partial charge in [-0.25, -0.2) is 4.79 Å². The Morgan fingerprint density at radius 1 is 1.43 bits per heavy atom. The first-order chi connectivity index (χ1) is 10.8. The zero-order valence-electron chi connectivity index (χ0n) is 12.8. The van der Waals surface area contributed by atoms with Gasteiger partial charge in [0.25, 0.3) is 0 Å². The van der Waals surface area contributed by atoms with E-state index in [0.717, 1.165) is 5.56 Å².